The molecule has 126 valence electrons. The van der Waals surface area contributed by atoms with Crippen LogP contribution in [0, 0.1) is 0 Å². The van der Waals surface area contributed by atoms with E-state index in [1.165, 1.54) is 18.2 Å². The number of ether oxygens (including phenoxy) is 1. The highest BCUT2D eigenvalue weighted by Gasteiger charge is 2.13. The van der Waals surface area contributed by atoms with E-state index < -0.39 is 11.8 Å². The number of benzene rings is 2. The fourth-order valence-corrected chi connectivity index (χ4v) is 2.17. The Morgan fingerprint density at radius 2 is 1.92 bits per heavy atom. The van der Waals surface area contributed by atoms with E-state index in [0.717, 1.165) is 12.0 Å². The largest absolute Gasteiger partial charge is 0.507 e. The van der Waals surface area contributed by atoms with Gasteiger partial charge in [-0.05, 0) is 36.2 Å². The average Bonchev–Trinajstić information content (AvgIpc) is 2.60. The quantitative estimate of drug-likeness (QED) is 0.724. The van der Waals surface area contributed by atoms with E-state index in [4.69, 9.17) is 16.3 Å². The van der Waals surface area contributed by atoms with Crippen molar-refractivity contribution in [2.45, 2.75) is 13.3 Å². The van der Waals surface area contributed by atoms with Crippen molar-refractivity contribution in [3.63, 3.8) is 0 Å². The van der Waals surface area contributed by atoms with Crippen molar-refractivity contribution in [3.8, 4) is 11.5 Å². The van der Waals surface area contributed by atoms with Gasteiger partial charge in [0, 0.05) is 5.02 Å². The monoisotopic (exact) mass is 348 g/mol. The van der Waals surface area contributed by atoms with Crippen LogP contribution in [-0.2, 0) is 11.2 Å². The lowest BCUT2D eigenvalue weighted by atomic mass is 10.1. The number of phenolic OH excluding ortho intramolecular Hbond substituents is 1. The minimum absolute atomic E-state index is 0.0416. The molecule has 2 amide bonds. The Bertz CT molecular complexity index is 749. The summed E-state index contributed by atoms with van der Waals surface area (Å²) in [6.07, 6.45) is 0.780. The predicted octanol–water partition coefficient (Wildman–Crippen LogP) is 2.45. The molecule has 0 saturated carbocycles. The molecule has 3 N–H and O–H groups in total. The lowest BCUT2D eigenvalue weighted by Crippen LogP contribution is -2.43. The molecule has 2 rings (SSSR count). The van der Waals surface area contributed by atoms with Gasteiger partial charge in [0.15, 0.2) is 6.61 Å². The number of phenols is 1. The van der Waals surface area contributed by atoms with E-state index in [1.807, 2.05) is 25.1 Å². The molecule has 0 aromatic heterocycles. The lowest BCUT2D eigenvalue weighted by molar-refractivity contribution is -0.123. The van der Waals surface area contributed by atoms with Crippen LogP contribution in [0.1, 0.15) is 22.8 Å². The van der Waals surface area contributed by atoms with Crippen molar-refractivity contribution in [3.05, 3.63) is 58.6 Å². The summed E-state index contributed by atoms with van der Waals surface area (Å²) in [4.78, 5) is 23.7. The Kier molecular flexibility index (Phi) is 6.03. The molecule has 0 atom stereocenters. The number of amides is 2. The first kappa shape index (κ1) is 17.6. The molecule has 2 aromatic rings. The number of para-hydroxylation sites is 1. The van der Waals surface area contributed by atoms with E-state index >= 15 is 0 Å². The van der Waals surface area contributed by atoms with Gasteiger partial charge in [-0.2, -0.15) is 0 Å². The van der Waals surface area contributed by atoms with Gasteiger partial charge in [-0.15, -0.1) is 0 Å². The minimum Gasteiger partial charge on any atom is -0.507 e. The summed E-state index contributed by atoms with van der Waals surface area (Å²) < 4.78 is 5.44. The van der Waals surface area contributed by atoms with Gasteiger partial charge in [0.05, 0.1) is 5.56 Å². The third kappa shape index (κ3) is 4.63. The average molecular weight is 349 g/mol. The summed E-state index contributed by atoms with van der Waals surface area (Å²) in [6.45, 7) is 1.73. The number of halogens is 1. The number of carbonyl (C=O) groups excluding carboxylic acids is 2. The number of hydrogen-bond donors (Lipinski definition) is 3. The van der Waals surface area contributed by atoms with Crippen LogP contribution in [0.5, 0.6) is 11.5 Å². The Hall–Kier alpha value is -2.73. The van der Waals surface area contributed by atoms with E-state index in [1.54, 1.807) is 6.07 Å². The molecule has 6 nitrogen and oxygen atoms in total. The van der Waals surface area contributed by atoms with Crippen molar-refractivity contribution in [1.82, 2.24) is 10.9 Å². The molecule has 0 radical (unpaired) electrons. The summed E-state index contributed by atoms with van der Waals surface area (Å²) in [5.41, 5.74) is 5.35. The van der Waals surface area contributed by atoms with Crippen molar-refractivity contribution in [1.29, 1.82) is 0 Å². The predicted molar refractivity (Wildman–Crippen MR) is 90.0 cm³/mol. The molecule has 0 aliphatic heterocycles. The fraction of sp³-hybridized carbons (Fsp3) is 0.176. The van der Waals surface area contributed by atoms with E-state index in [2.05, 4.69) is 10.9 Å². The Morgan fingerprint density at radius 1 is 1.17 bits per heavy atom. The van der Waals surface area contributed by atoms with E-state index in [9.17, 15) is 14.7 Å². The first-order chi connectivity index (χ1) is 11.5. The highest BCUT2D eigenvalue weighted by atomic mass is 35.5. The second kappa shape index (κ2) is 8.21. The summed E-state index contributed by atoms with van der Waals surface area (Å²) in [5.74, 6) is -0.832. The second-order valence-electron chi connectivity index (χ2n) is 4.91. The van der Waals surface area contributed by atoms with Crippen LogP contribution < -0.4 is 15.6 Å². The zero-order valence-corrected chi connectivity index (χ0v) is 13.8. The van der Waals surface area contributed by atoms with Crippen LogP contribution >= 0.6 is 11.6 Å². The topological polar surface area (TPSA) is 87.7 Å². The van der Waals surface area contributed by atoms with Gasteiger partial charge >= 0.3 is 0 Å². The third-order valence-corrected chi connectivity index (χ3v) is 3.47. The van der Waals surface area contributed by atoms with E-state index in [-0.39, 0.29) is 17.9 Å². The SMILES string of the molecule is CCc1ccccc1OCC(=O)NNC(=O)c1cc(Cl)ccc1O. The Morgan fingerprint density at radius 3 is 2.67 bits per heavy atom. The molecule has 0 unspecified atom stereocenters. The molecule has 24 heavy (non-hydrogen) atoms. The summed E-state index contributed by atoms with van der Waals surface area (Å²) in [6, 6.07) is 11.4. The standard InChI is InChI=1S/C17H17ClN2O4/c1-2-11-5-3-4-6-15(11)24-10-16(22)19-20-17(23)13-9-12(18)7-8-14(13)21/h3-9,21H,2,10H2,1H3,(H,19,22)(H,20,23). The van der Waals surface area contributed by atoms with Crippen LogP contribution in [0.25, 0.3) is 0 Å². The highest BCUT2D eigenvalue weighted by Crippen LogP contribution is 2.21. The number of rotatable bonds is 5. The number of nitrogens with one attached hydrogen (secondary N) is 2. The molecule has 0 aliphatic carbocycles. The summed E-state index contributed by atoms with van der Waals surface area (Å²) in [7, 11) is 0. The Balaban J connectivity index is 1.87. The van der Waals surface area contributed by atoms with Crippen LogP contribution in [0.2, 0.25) is 5.02 Å². The number of hydrogen-bond acceptors (Lipinski definition) is 4. The van der Waals surface area contributed by atoms with Crippen LogP contribution in [0.3, 0.4) is 0 Å². The molecule has 0 fully saturated rings. The second-order valence-corrected chi connectivity index (χ2v) is 5.35. The van der Waals surface area contributed by atoms with Crippen molar-refractivity contribution in [2.75, 3.05) is 6.61 Å². The molecule has 0 aliphatic rings. The molecule has 0 bridgehead atoms. The number of aromatic hydroxyl groups is 1. The van der Waals surface area contributed by atoms with Crippen LogP contribution in [0.4, 0.5) is 0 Å². The maximum atomic E-state index is 11.9. The number of hydrazine groups is 1. The van der Waals surface area contributed by atoms with Gasteiger partial charge < -0.3 is 9.84 Å². The highest BCUT2D eigenvalue weighted by molar-refractivity contribution is 6.31. The van der Waals surface area contributed by atoms with Crippen molar-refractivity contribution >= 4 is 23.4 Å². The molecule has 2 aromatic carbocycles. The van der Waals surface area contributed by atoms with Gasteiger partial charge in [0.2, 0.25) is 0 Å². The maximum absolute atomic E-state index is 11.9. The third-order valence-electron chi connectivity index (χ3n) is 3.23. The van der Waals surface area contributed by atoms with Crippen LogP contribution in [-0.4, -0.2) is 23.5 Å². The molecular formula is C17H17ClN2O4. The van der Waals surface area contributed by atoms with Crippen molar-refractivity contribution < 1.29 is 19.4 Å². The first-order valence-electron chi connectivity index (χ1n) is 7.29. The fourth-order valence-electron chi connectivity index (χ4n) is 2.00. The van der Waals surface area contributed by atoms with Gasteiger partial charge in [-0.1, -0.05) is 36.7 Å². The first-order valence-corrected chi connectivity index (χ1v) is 7.67. The Labute approximate surface area is 144 Å². The van der Waals surface area contributed by atoms with Gasteiger partial charge in [0.25, 0.3) is 11.8 Å². The number of aryl methyl sites for hydroxylation is 1. The smallest absolute Gasteiger partial charge is 0.276 e. The molecule has 0 spiro atoms. The minimum atomic E-state index is -0.683. The van der Waals surface area contributed by atoms with Gasteiger partial charge in [-0.3, -0.25) is 20.4 Å². The van der Waals surface area contributed by atoms with Crippen LogP contribution in [0.15, 0.2) is 42.5 Å². The zero-order valence-electron chi connectivity index (χ0n) is 13.0. The maximum Gasteiger partial charge on any atom is 0.276 e. The summed E-state index contributed by atoms with van der Waals surface area (Å²) >= 11 is 5.77. The van der Waals surface area contributed by atoms with Gasteiger partial charge in [-0.25, -0.2) is 0 Å². The molecule has 0 heterocycles. The molecular weight excluding hydrogens is 332 g/mol. The van der Waals surface area contributed by atoms with Gasteiger partial charge in [0.1, 0.15) is 11.5 Å². The normalized spacial score (nSPS) is 10.1. The molecule has 7 heteroatoms. The number of carbonyl (C=O) groups is 2. The lowest BCUT2D eigenvalue weighted by Gasteiger charge is -2.11. The zero-order chi connectivity index (χ0) is 17.5. The van der Waals surface area contributed by atoms with E-state index in [0.29, 0.717) is 10.8 Å². The van der Waals surface area contributed by atoms with Crippen molar-refractivity contribution in [2.24, 2.45) is 0 Å². The molecule has 0 saturated heterocycles. The summed E-state index contributed by atoms with van der Waals surface area (Å²) in [5, 5.41) is 9.92.